The number of rotatable bonds is 4. The Balaban J connectivity index is 1.52. The number of hydrogen-bond acceptors (Lipinski definition) is 6. The number of fused-ring (bicyclic) bond motifs is 1. The molecule has 4 rings (SSSR count). The Morgan fingerprint density at radius 2 is 1.86 bits per heavy atom. The van der Waals surface area contributed by atoms with E-state index in [1.165, 1.54) is 18.9 Å². The van der Waals surface area contributed by atoms with Crippen molar-refractivity contribution in [3.05, 3.63) is 41.1 Å². The van der Waals surface area contributed by atoms with E-state index in [0.29, 0.717) is 25.2 Å². The number of hydrogen-bond donors (Lipinski definition) is 0. The summed E-state index contributed by atoms with van der Waals surface area (Å²) < 4.78 is 13.1. The van der Waals surface area contributed by atoms with E-state index < -0.39 is 5.82 Å². The van der Waals surface area contributed by atoms with Crippen molar-refractivity contribution in [2.75, 3.05) is 50.1 Å². The summed E-state index contributed by atoms with van der Waals surface area (Å²) in [4.78, 5) is 32.7. The van der Waals surface area contributed by atoms with Gasteiger partial charge in [-0.05, 0) is 31.4 Å². The van der Waals surface area contributed by atoms with Gasteiger partial charge in [0.05, 0.1) is 18.3 Å². The Morgan fingerprint density at radius 1 is 1.10 bits per heavy atom. The van der Waals surface area contributed by atoms with Crippen LogP contribution in [0.15, 0.2) is 18.3 Å². The van der Waals surface area contributed by atoms with Crippen molar-refractivity contribution in [2.45, 2.75) is 32.1 Å². The van der Waals surface area contributed by atoms with E-state index in [4.69, 9.17) is 9.97 Å². The molecule has 0 atom stereocenters. The summed E-state index contributed by atoms with van der Waals surface area (Å²) in [5.41, 5.74) is 2.76. The van der Waals surface area contributed by atoms with Gasteiger partial charge in [0.2, 0.25) is 11.9 Å². The normalized spacial score (nSPS) is 16.5. The molecule has 0 aliphatic carbocycles. The molecule has 2 aromatic heterocycles. The third-order valence-electron chi connectivity index (χ3n) is 5.60. The van der Waals surface area contributed by atoms with Crippen molar-refractivity contribution in [3.8, 4) is 0 Å². The summed E-state index contributed by atoms with van der Waals surface area (Å²) in [5.74, 6) is 1.37. The van der Waals surface area contributed by atoms with E-state index in [-0.39, 0.29) is 12.3 Å². The molecule has 0 bridgehead atoms. The molecule has 2 aliphatic heterocycles. The number of halogens is 1. The van der Waals surface area contributed by atoms with Crippen molar-refractivity contribution < 1.29 is 9.18 Å². The van der Waals surface area contributed by atoms with Gasteiger partial charge in [0.25, 0.3) is 0 Å². The lowest BCUT2D eigenvalue weighted by Crippen LogP contribution is -2.34. The Hall–Kier alpha value is -2.77. The lowest BCUT2D eigenvalue weighted by Gasteiger charge is -2.22. The van der Waals surface area contributed by atoms with Crippen LogP contribution in [-0.2, 0) is 24.1 Å². The molecule has 1 amide bonds. The molecule has 29 heavy (non-hydrogen) atoms. The lowest BCUT2D eigenvalue weighted by molar-refractivity contribution is -0.130. The third kappa shape index (κ3) is 4.31. The summed E-state index contributed by atoms with van der Waals surface area (Å²) in [5, 5.41) is 0. The molecule has 0 N–H and O–H groups in total. The fourth-order valence-electron chi connectivity index (χ4n) is 4.02. The zero-order valence-corrected chi connectivity index (χ0v) is 17.1. The highest BCUT2D eigenvalue weighted by molar-refractivity contribution is 5.78. The van der Waals surface area contributed by atoms with Crippen LogP contribution in [0.25, 0.3) is 0 Å². The predicted molar refractivity (Wildman–Crippen MR) is 110 cm³/mol. The van der Waals surface area contributed by atoms with Gasteiger partial charge in [0.1, 0.15) is 11.6 Å². The smallest absolute Gasteiger partial charge is 0.228 e. The molecule has 1 fully saturated rings. The number of aromatic nitrogens is 3. The van der Waals surface area contributed by atoms with E-state index in [9.17, 15) is 9.18 Å². The monoisotopic (exact) mass is 398 g/mol. The highest BCUT2D eigenvalue weighted by atomic mass is 19.1. The first-order valence-electron chi connectivity index (χ1n) is 10.2. The van der Waals surface area contributed by atoms with Gasteiger partial charge in [-0.3, -0.25) is 9.78 Å². The molecular formula is C21H27FN6O. The van der Waals surface area contributed by atoms with Gasteiger partial charge in [-0.2, -0.15) is 4.98 Å². The minimum absolute atomic E-state index is 0.0102. The van der Waals surface area contributed by atoms with Crippen LogP contribution in [0.2, 0.25) is 0 Å². The molecule has 0 spiro atoms. The predicted octanol–water partition coefficient (Wildman–Crippen LogP) is 1.85. The van der Waals surface area contributed by atoms with Crippen LogP contribution >= 0.6 is 0 Å². The minimum Gasteiger partial charge on any atom is -0.362 e. The van der Waals surface area contributed by atoms with Crippen molar-refractivity contribution in [1.29, 1.82) is 0 Å². The fourth-order valence-corrected chi connectivity index (χ4v) is 4.02. The van der Waals surface area contributed by atoms with Gasteiger partial charge in [0, 0.05) is 58.0 Å². The Labute approximate surface area is 170 Å². The van der Waals surface area contributed by atoms with Crippen molar-refractivity contribution >= 4 is 17.7 Å². The Bertz CT molecular complexity index is 879. The molecule has 0 aromatic carbocycles. The maximum atomic E-state index is 13.1. The highest BCUT2D eigenvalue weighted by Crippen LogP contribution is 2.27. The molecule has 8 heteroatoms. The van der Waals surface area contributed by atoms with Crippen LogP contribution in [0.1, 0.15) is 29.8 Å². The first-order chi connectivity index (χ1) is 14.0. The van der Waals surface area contributed by atoms with E-state index >= 15 is 0 Å². The Morgan fingerprint density at radius 3 is 2.55 bits per heavy atom. The quantitative estimate of drug-likeness (QED) is 0.783. The summed E-state index contributed by atoms with van der Waals surface area (Å²) in [6, 6.07) is 2.91. The molecule has 2 aliphatic rings. The average Bonchev–Trinajstić information content (AvgIpc) is 3.16. The standard InChI is InChI=1S/C21H27FN6O/c1-26(2)20-17-7-11-27(19(29)13-16-6-5-15(22)14-23-16)12-8-18(17)24-21(25-20)28-9-3-4-10-28/h5-6,14H,3-4,7-13H2,1-2H3. The molecule has 7 nitrogen and oxygen atoms in total. The molecule has 2 aromatic rings. The summed E-state index contributed by atoms with van der Waals surface area (Å²) in [6.07, 6.45) is 5.13. The highest BCUT2D eigenvalue weighted by Gasteiger charge is 2.25. The zero-order valence-electron chi connectivity index (χ0n) is 17.1. The van der Waals surface area contributed by atoms with E-state index in [0.717, 1.165) is 48.7 Å². The molecule has 0 radical (unpaired) electrons. The average molecular weight is 398 g/mol. The molecular weight excluding hydrogens is 371 g/mol. The first kappa shape index (κ1) is 19.5. The zero-order chi connectivity index (χ0) is 20.4. The number of anilines is 2. The second-order valence-corrected chi connectivity index (χ2v) is 7.89. The summed E-state index contributed by atoms with van der Waals surface area (Å²) >= 11 is 0. The number of carbonyl (C=O) groups is 1. The van der Waals surface area contributed by atoms with Gasteiger partial charge in [-0.1, -0.05) is 0 Å². The Kier molecular flexibility index (Phi) is 5.60. The largest absolute Gasteiger partial charge is 0.362 e. The van der Waals surface area contributed by atoms with E-state index in [1.807, 2.05) is 23.9 Å². The van der Waals surface area contributed by atoms with Crippen LogP contribution in [-0.4, -0.2) is 66.0 Å². The second-order valence-electron chi connectivity index (χ2n) is 7.89. The summed E-state index contributed by atoms with van der Waals surface area (Å²) in [7, 11) is 4.01. The minimum atomic E-state index is -0.394. The van der Waals surface area contributed by atoms with Crippen molar-refractivity contribution in [1.82, 2.24) is 19.9 Å². The van der Waals surface area contributed by atoms with Gasteiger partial charge in [-0.25, -0.2) is 9.37 Å². The SMILES string of the molecule is CN(C)c1nc(N2CCCC2)nc2c1CCN(C(=O)Cc1ccc(F)cn1)CC2. The van der Waals surface area contributed by atoms with Crippen molar-refractivity contribution in [2.24, 2.45) is 0 Å². The number of amides is 1. The van der Waals surface area contributed by atoms with E-state index in [2.05, 4.69) is 9.88 Å². The molecule has 0 unspecified atom stereocenters. The number of pyridine rings is 1. The van der Waals surface area contributed by atoms with Gasteiger partial charge in [0.15, 0.2) is 0 Å². The summed E-state index contributed by atoms with van der Waals surface area (Å²) in [6.45, 7) is 3.25. The molecule has 154 valence electrons. The van der Waals surface area contributed by atoms with Crippen LogP contribution in [0.5, 0.6) is 0 Å². The fraction of sp³-hybridized carbons (Fsp3) is 0.524. The van der Waals surface area contributed by atoms with Crippen LogP contribution < -0.4 is 9.80 Å². The van der Waals surface area contributed by atoms with Gasteiger partial charge >= 0.3 is 0 Å². The maximum Gasteiger partial charge on any atom is 0.228 e. The van der Waals surface area contributed by atoms with E-state index in [1.54, 1.807) is 6.07 Å². The van der Waals surface area contributed by atoms with Crippen molar-refractivity contribution in [3.63, 3.8) is 0 Å². The van der Waals surface area contributed by atoms with Crippen LogP contribution in [0.3, 0.4) is 0 Å². The molecule has 1 saturated heterocycles. The van der Waals surface area contributed by atoms with Crippen LogP contribution in [0.4, 0.5) is 16.2 Å². The topological polar surface area (TPSA) is 65.5 Å². The molecule has 4 heterocycles. The lowest BCUT2D eigenvalue weighted by atomic mass is 10.1. The maximum absolute atomic E-state index is 13.1. The second kappa shape index (κ2) is 8.31. The molecule has 0 saturated carbocycles. The van der Waals surface area contributed by atoms with Crippen LogP contribution in [0, 0.1) is 5.82 Å². The third-order valence-corrected chi connectivity index (χ3v) is 5.60. The number of nitrogens with zero attached hydrogens (tertiary/aromatic N) is 6. The van der Waals surface area contributed by atoms with Gasteiger partial charge in [-0.15, -0.1) is 0 Å². The number of carbonyl (C=O) groups excluding carboxylic acids is 1. The first-order valence-corrected chi connectivity index (χ1v) is 10.2. The van der Waals surface area contributed by atoms with Gasteiger partial charge < -0.3 is 14.7 Å².